The van der Waals surface area contributed by atoms with E-state index < -0.39 is 0 Å². The molecule has 3 atom stereocenters. The van der Waals surface area contributed by atoms with E-state index in [4.69, 9.17) is 9.47 Å². The number of ether oxygens (including phenoxy) is 2. The van der Waals surface area contributed by atoms with Crippen molar-refractivity contribution in [3.05, 3.63) is 59.7 Å². The highest BCUT2D eigenvalue weighted by Crippen LogP contribution is 2.35. The van der Waals surface area contributed by atoms with Crippen LogP contribution < -0.4 is 14.8 Å². The fourth-order valence-corrected chi connectivity index (χ4v) is 3.46. The summed E-state index contributed by atoms with van der Waals surface area (Å²) in [5, 5.41) is 13.3. The molecule has 0 amide bonds. The van der Waals surface area contributed by atoms with Crippen molar-refractivity contribution in [2.24, 2.45) is 0 Å². The molecule has 1 heterocycles. The Hall–Kier alpha value is -2.04. The SMILES string of the molecule is O[C@H]1CCC[C@H]1NCc1ccc([C@H]2COc3ccccc3O2)cc1. The number of hydrogen-bond acceptors (Lipinski definition) is 4. The lowest BCUT2D eigenvalue weighted by Gasteiger charge is -2.26. The normalized spacial score (nSPS) is 25.6. The van der Waals surface area contributed by atoms with Crippen molar-refractivity contribution in [1.82, 2.24) is 5.32 Å². The third-order valence-electron chi connectivity index (χ3n) is 4.91. The summed E-state index contributed by atoms with van der Waals surface area (Å²) in [6.07, 6.45) is 2.82. The second-order valence-corrected chi connectivity index (χ2v) is 6.59. The molecule has 1 aliphatic heterocycles. The van der Waals surface area contributed by atoms with Gasteiger partial charge in [-0.2, -0.15) is 0 Å². The maximum Gasteiger partial charge on any atom is 0.162 e. The predicted molar refractivity (Wildman–Crippen MR) is 92.2 cm³/mol. The van der Waals surface area contributed by atoms with Crippen LogP contribution in [0.5, 0.6) is 11.5 Å². The molecule has 4 heteroatoms. The van der Waals surface area contributed by atoms with Crippen LogP contribution in [-0.2, 0) is 6.54 Å². The Bertz CT molecular complexity index is 686. The van der Waals surface area contributed by atoms with E-state index in [1.165, 1.54) is 5.56 Å². The first-order valence-electron chi connectivity index (χ1n) is 8.68. The van der Waals surface area contributed by atoms with Crippen LogP contribution in [-0.4, -0.2) is 23.9 Å². The van der Waals surface area contributed by atoms with Crippen LogP contribution in [0.3, 0.4) is 0 Å². The van der Waals surface area contributed by atoms with Crippen LogP contribution in [0.2, 0.25) is 0 Å². The minimum atomic E-state index is -0.197. The highest BCUT2D eigenvalue weighted by atomic mass is 16.6. The molecule has 4 rings (SSSR count). The van der Waals surface area contributed by atoms with Gasteiger partial charge in [0.15, 0.2) is 17.6 Å². The second kappa shape index (κ2) is 6.83. The number of para-hydroxylation sites is 2. The molecule has 2 aromatic carbocycles. The Balaban J connectivity index is 1.37. The van der Waals surface area contributed by atoms with Crippen molar-refractivity contribution in [1.29, 1.82) is 0 Å². The van der Waals surface area contributed by atoms with Gasteiger partial charge in [-0.05, 0) is 42.5 Å². The van der Waals surface area contributed by atoms with Crippen LogP contribution in [0.25, 0.3) is 0 Å². The van der Waals surface area contributed by atoms with E-state index in [0.29, 0.717) is 6.61 Å². The van der Waals surface area contributed by atoms with Gasteiger partial charge in [0.05, 0.1) is 6.10 Å². The first-order valence-corrected chi connectivity index (χ1v) is 8.68. The molecular formula is C20H23NO3. The first kappa shape index (κ1) is 15.5. The van der Waals surface area contributed by atoms with Gasteiger partial charge in [0.2, 0.25) is 0 Å². The summed E-state index contributed by atoms with van der Waals surface area (Å²) in [5.74, 6) is 1.61. The zero-order valence-electron chi connectivity index (χ0n) is 13.7. The average molecular weight is 325 g/mol. The smallest absolute Gasteiger partial charge is 0.162 e. The van der Waals surface area contributed by atoms with Gasteiger partial charge in [0.25, 0.3) is 0 Å². The van der Waals surface area contributed by atoms with Crippen molar-refractivity contribution in [2.75, 3.05) is 6.61 Å². The summed E-state index contributed by atoms with van der Waals surface area (Å²) in [7, 11) is 0. The van der Waals surface area contributed by atoms with Crippen molar-refractivity contribution < 1.29 is 14.6 Å². The van der Waals surface area contributed by atoms with E-state index in [1.54, 1.807) is 0 Å². The lowest BCUT2D eigenvalue weighted by atomic mass is 10.1. The van der Waals surface area contributed by atoms with Crippen molar-refractivity contribution >= 4 is 0 Å². The van der Waals surface area contributed by atoms with Crippen molar-refractivity contribution in [2.45, 2.75) is 44.1 Å². The highest BCUT2D eigenvalue weighted by Gasteiger charge is 2.24. The molecular weight excluding hydrogens is 302 g/mol. The largest absolute Gasteiger partial charge is 0.485 e. The fourth-order valence-electron chi connectivity index (χ4n) is 3.46. The van der Waals surface area contributed by atoms with Gasteiger partial charge < -0.3 is 19.9 Å². The molecule has 2 N–H and O–H groups in total. The summed E-state index contributed by atoms with van der Waals surface area (Å²) in [6, 6.07) is 16.4. The molecule has 2 aliphatic rings. The first-order chi connectivity index (χ1) is 11.8. The fraction of sp³-hybridized carbons (Fsp3) is 0.400. The third kappa shape index (κ3) is 3.25. The molecule has 0 spiro atoms. The minimum Gasteiger partial charge on any atom is -0.485 e. The zero-order chi connectivity index (χ0) is 16.4. The van der Waals surface area contributed by atoms with Crippen molar-refractivity contribution in [3.63, 3.8) is 0 Å². The molecule has 0 radical (unpaired) electrons. The van der Waals surface area contributed by atoms with E-state index in [-0.39, 0.29) is 18.2 Å². The van der Waals surface area contributed by atoms with Gasteiger partial charge in [-0.25, -0.2) is 0 Å². The molecule has 0 bridgehead atoms. The maximum atomic E-state index is 9.87. The maximum absolute atomic E-state index is 9.87. The average Bonchev–Trinajstić information content (AvgIpc) is 3.05. The standard InChI is InChI=1S/C20H23NO3/c22-17-5-3-4-16(17)21-12-14-8-10-15(11-9-14)20-13-23-18-6-1-2-7-19(18)24-20/h1-2,6-11,16-17,20-22H,3-5,12-13H2/t16-,17+,20-/m1/s1. The van der Waals surface area contributed by atoms with Crippen LogP contribution in [0, 0.1) is 0 Å². The summed E-state index contributed by atoms with van der Waals surface area (Å²) >= 11 is 0. The molecule has 0 saturated heterocycles. The second-order valence-electron chi connectivity index (χ2n) is 6.59. The third-order valence-corrected chi connectivity index (χ3v) is 4.91. The zero-order valence-corrected chi connectivity index (χ0v) is 13.7. The number of fused-ring (bicyclic) bond motifs is 1. The van der Waals surface area contributed by atoms with E-state index in [2.05, 4.69) is 29.6 Å². The van der Waals surface area contributed by atoms with E-state index in [0.717, 1.165) is 42.9 Å². The number of benzene rings is 2. The molecule has 1 aliphatic carbocycles. The topological polar surface area (TPSA) is 50.7 Å². The van der Waals surface area contributed by atoms with Gasteiger partial charge in [-0.3, -0.25) is 0 Å². The quantitative estimate of drug-likeness (QED) is 0.906. The lowest BCUT2D eigenvalue weighted by Crippen LogP contribution is -2.35. The minimum absolute atomic E-state index is 0.0708. The molecule has 1 fully saturated rings. The summed E-state index contributed by atoms with van der Waals surface area (Å²) < 4.78 is 11.8. The van der Waals surface area contributed by atoms with Crippen LogP contribution in [0.4, 0.5) is 0 Å². The van der Waals surface area contributed by atoms with Crippen LogP contribution in [0.15, 0.2) is 48.5 Å². The Kier molecular flexibility index (Phi) is 4.41. The Morgan fingerprint density at radius 2 is 1.79 bits per heavy atom. The van der Waals surface area contributed by atoms with Crippen LogP contribution in [0.1, 0.15) is 36.5 Å². The summed E-state index contributed by atoms with van der Waals surface area (Å²) in [4.78, 5) is 0. The van der Waals surface area contributed by atoms with Crippen LogP contribution >= 0.6 is 0 Å². The Morgan fingerprint density at radius 3 is 2.54 bits per heavy atom. The van der Waals surface area contributed by atoms with E-state index in [1.807, 2.05) is 24.3 Å². The number of hydrogen-bond donors (Lipinski definition) is 2. The molecule has 0 aromatic heterocycles. The lowest BCUT2D eigenvalue weighted by molar-refractivity contribution is 0.0913. The van der Waals surface area contributed by atoms with E-state index >= 15 is 0 Å². The molecule has 2 aromatic rings. The summed E-state index contributed by atoms with van der Waals surface area (Å²) in [5.41, 5.74) is 2.34. The van der Waals surface area contributed by atoms with E-state index in [9.17, 15) is 5.11 Å². The van der Waals surface area contributed by atoms with Gasteiger partial charge in [-0.1, -0.05) is 36.4 Å². The Labute approximate surface area is 142 Å². The Morgan fingerprint density at radius 1 is 1.00 bits per heavy atom. The molecule has 4 nitrogen and oxygen atoms in total. The molecule has 0 unspecified atom stereocenters. The summed E-state index contributed by atoms with van der Waals surface area (Å²) in [6.45, 7) is 1.32. The van der Waals surface area contributed by atoms with Gasteiger partial charge in [-0.15, -0.1) is 0 Å². The number of nitrogens with one attached hydrogen (secondary N) is 1. The predicted octanol–water partition coefficient (Wildman–Crippen LogP) is 3.20. The number of rotatable bonds is 4. The van der Waals surface area contributed by atoms with Gasteiger partial charge >= 0.3 is 0 Å². The van der Waals surface area contributed by atoms with Gasteiger partial charge in [0, 0.05) is 12.6 Å². The number of aliphatic hydroxyl groups excluding tert-OH is 1. The molecule has 126 valence electrons. The van der Waals surface area contributed by atoms with Crippen molar-refractivity contribution in [3.8, 4) is 11.5 Å². The molecule has 1 saturated carbocycles. The number of aliphatic hydroxyl groups is 1. The highest BCUT2D eigenvalue weighted by molar-refractivity contribution is 5.41. The molecule has 24 heavy (non-hydrogen) atoms. The monoisotopic (exact) mass is 325 g/mol. The van der Waals surface area contributed by atoms with Gasteiger partial charge in [0.1, 0.15) is 6.61 Å².